The third-order valence-electron chi connectivity index (χ3n) is 0.537. The summed E-state index contributed by atoms with van der Waals surface area (Å²) in [4.78, 5) is 16.2. The normalized spacial score (nSPS) is 10.7. The molecule has 0 spiro atoms. The van der Waals surface area contributed by atoms with E-state index in [-0.39, 0.29) is 36.2 Å². The van der Waals surface area contributed by atoms with Crippen molar-refractivity contribution in [2.75, 3.05) is 11.9 Å². The zero-order valence-electron chi connectivity index (χ0n) is 4.66. The average Bonchev–Trinajstić information content (AvgIpc) is 1.63. The molecule has 0 radical (unpaired) electrons. The molecule has 0 rings (SSSR count). The SMILES string of the molecule is O=P(O)(O)OCCCBr.[NaH]. The Morgan fingerprint density at radius 1 is 1.50 bits per heavy atom. The quantitative estimate of drug-likeness (QED) is 0.321. The Balaban J connectivity index is 0. The molecule has 0 atom stereocenters. The van der Waals surface area contributed by atoms with E-state index in [9.17, 15) is 4.57 Å². The van der Waals surface area contributed by atoms with E-state index in [1.807, 2.05) is 0 Å². The molecule has 0 heterocycles. The molecule has 0 unspecified atom stereocenters. The molecule has 0 aliphatic carbocycles. The number of hydrogen-bond acceptors (Lipinski definition) is 2. The fourth-order valence-corrected chi connectivity index (χ4v) is 0.834. The molecule has 0 bridgehead atoms. The minimum atomic E-state index is -4.22. The van der Waals surface area contributed by atoms with Gasteiger partial charge < -0.3 is 9.79 Å². The van der Waals surface area contributed by atoms with Gasteiger partial charge in [-0.25, -0.2) is 4.57 Å². The Kier molecular flexibility index (Phi) is 10.2. The van der Waals surface area contributed by atoms with Gasteiger partial charge in [-0.3, -0.25) is 4.52 Å². The molecule has 4 nitrogen and oxygen atoms in total. The van der Waals surface area contributed by atoms with Gasteiger partial charge >= 0.3 is 37.4 Å². The van der Waals surface area contributed by atoms with Crippen LogP contribution in [0.5, 0.6) is 0 Å². The van der Waals surface area contributed by atoms with Gasteiger partial charge in [0.25, 0.3) is 0 Å². The van der Waals surface area contributed by atoms with E-state index >= 15 is 0 Å². The third kappa shape index (κ3) is 12.3. The molecule has 0 aromatic rings. The summed E-state index contributed by atoms with van der Waals surface area (Å²) >= 11 is 3.08. The van der Waals surface area contributed by atoms with Crippen molar-refractivity contribution in [1.29, 1.82) is 0 Å². The van der Waals surface area contributed by atoms with Crippen LogP contribution in [0.15, 0.2) is 0 Å². The summed E-state index contributed by atoms with van der Waals surface area (Å²) in [6.45, 7) is 0.0928. The van der Waals surface area contributed by atoms with Gasteiger partial charge in [0.1, 0.15) is 0 Å². The molecule has 0 aliphatic rings. The molecule has 0 saturated carbocycles. The maximum absolute atomic E-state index is 9.96. The predicted octanol–water partition coefficient (Wildman–Crippen LogP) is 0.232. The first-order valence-corrected chi connectivity index (χ1v) is 4.97. The summed E-state index contributed by atoms with van der Waals surface area (Å²) in [5.74, 6) is 0. The van der Waals surface area contributed by atoms with Crippen molar-refractivity contribution in [3.8, 4) is 0 Å². The number of phosphoric ester groups is 1. The topological polar surface area (TPSA) is 66.8 Å². The van der Waals surface area contributed by atoms with E-state index in [0.29, 0.717) is 11.8 Å². The van der Waals surface area contributed by atoms with E-state index in [1.54, 1.807) is 0 Å². The Morgan fingerprint density at radius 3 is 2.30 bits per heavy atom. The standard InChI is InChI=1S/C3H8BrO4P.Na.H/c4-2-1-3-8-9(5,6)7;;/h1-3H2,(H2,5,6,7);;. The molecule has 0 amide bonds. The zero-order chi connectivity index (χ0) is 7.33. The molecule has 0 saturated heterocycles. The van der Waals surface area contributed by atoms with Crippen LogP contribution >= 0.6 is 23.8 Å². The summed E-state index contributed by atoms with van der Waals surface area (Å²) in [6, 6.07) is 0. The average molecular weight is 243 g/mol. The number of alkyl halides is 1. The summed E-state index contributed by atoms with van der Waals surface area (Å²) in [6.07, 6.45) is 0.602. The first-order valence-electron chi connectivity index (χ1n) is 2.32. The molecular formula is C3H9BrNaO4P. The van der Waals surface area contributed by atoms with Gasteiger partial charge in [-0.2, -0.15) is 0 Å². The van der Waals surface area contributed by atoms with Crippen molar-refractivity contribution in [2.45, 2.75) is 6.42 Å². The summed E-state index contributed by atoms with van der Waals surface area (Å²) in [7, 11) is -4.22. The van der Waals surface area contributed by atoms with Crippen LogP contribution < -0.4 is 0 Å². The van der Waals surface area contributed by atoms with Crippen molar-refractivity contribution in [3.63, 3.8) is 0 Å². The van der Waals surface area contributed by atoms with E-state index in [1.165, 1.54) is 0 Å². The van der Waals surface area contributed by atoms with Crippen LogP contribution in [0.2, 0.25) is 0 Å². The van der Waals surface area contributed by atoms with E-state index < -0.39 is 7.82 Å². The van der Waals surface area contributed by atoms with Crippen LogP contribution in [-0.4, -0.2) is 51.3 Å². The Labute approximate surface area is 90.0 Å². The second-order valence-corrected chi connectivity index (χ2v) is 3.40. The molecule has 0 fully saturated rings. The molecule has 0 aromatic carbocycles. The van der Waals surface area contributed by atoms with Crippen molar-refractivity contribution < 1.29 is 18.9 Å². The molecular weight excluding hydrogens is 234 g/mol. The molecule has 7 heteroatoms. The van der Waals surface area contributed by atoms with Gasteiger partial charge in [0, 0.05) is 5.33 Å². The molecule has 58 valence electrons. The van der Waals surface area contributed by atoms with Crippen molar-refractivity contribution in [2.24, 2.45) is 0 Å². The first kappa shape index (κ1) is 14.1. The molecule has 0 aromatic heterocycles. The van der Waals surface area contributed by atoms with Gasteiger partial charge in [0.05, 0.1) is 6.61 Å². The van der Waals surface area contributed by atoms with Gasteiger partial charge in [-0.15, -0.1) is 0 Å². The maximum atomic E-state index is 9.96. The third-order valence-corrected chi connectivity index (χ3v) is 1.62. The Bertz CT molecular complexity index is 115. The predicted molar refractivity (Wildman–Crippen MR) is 43.6 cm³/mol. The van der Waals surface area contributed by atoms with Crippen molar-refractivity contribution in [1.82, 2.24) is 0 Å². The summed E-state index contributed by atoms with van der Waals surface area (Å²) in [5.41, 5.74) is 0. The Morgan fingerprint density at radius 2 is 2.00 bits per heavy atom. The second kappa shape index (κ2) is 7.25. The van der Waals surface area contributed by atoms with E-state index in [0.717, 1.165) is 0 Å². The summed E-state index contributed by atoms with van der Waals surface area (Å²) < 4.78 is 14.1. The fraction of sp³-hybridized carbons (Fsp3) is 1.00. The molecule has 0 aliphatic heterocycles. The number of hydrogen-bond donors (Lipinski definition) is 2. The van der Waals surface area contributed by atoms with Crippen molar-refractivity contribution in [3.05, 3.63) is 0 Å². The monoisotopic (exact) mass is 242 g/mol. The summed E-state index contributed by atoms with van der Waals surface area (Å²) in [5, 5.41) is 0.688. The number of halogens is 1. The van der Waals surface area contributed by atoms with Gasteiger partial charge in [-0.05, 0) is 6.42 Å². The first-order chi connectivity index (χ1) is 4.06. The van der Waals surface area contributed by atoms with Gasteiger partial charge in [-0.1, -0.05) is 15.9 Å². The van der Waals surface area contributed by atoms with Crippen LogP contribution in [-0.2, 0) is 9.09 Å². The Hall–Kier alpha value is 1.59. The van der Waals surface area contributed by atoms with Crippen LogP contribution in [0.25, 0.3) is 0 Å². The van der Waals surface area contributed by atoms with E-state index in [2.05, 4.69) is 20.5 Å². The second-order valence-electron chi connectivity index (χ2n) is 1.37. The van der Waals surface area contributed by atoms with Crippen LogP contribution in [0.3, 0.4) is 0 Å². The molecule has 2 N–H and O–H groups in total. The van der Waals surface area contributed by atoms with Gasteiger partial charge in [0.2, 0.25) is 0 Å². The zero-order valence-corrected chi connectivity index (χ0v) is 7.14. The van der Waals surface area contributed by atoms with Crippen LogP contribution in [0, 0.1) is 0 Å². The van der Waals surface area contributed by atoms with Crippen molar-refractivity contribution >= 4 is 53.3 Å². The van der Waals surface area contributed by atoms with Crippen LogP contribution in [0.4, 0.5) is 0 Å². The number of phosphoric acid groups is 1. The number of rotatable bonds is 4. The van der Waals surface area contributed by atoms with E-state index in [4.69, 9.17) is 9.79 Å². The van der Waals surface area contributed by atoms with Gasteiger partial charge in [0.15, 0.2) is 0 Å². The fourth-order valence-electron chi connectivity index (χ4n) is 0.238. The molecule has 10 heavy (non-hydrogen) atoms. The minimum absolute atomic E-state index is 0. The van der Waals surface area contributed by atoms with Crippen LogP contribution in [0.1, 0.15) is 6.42 Å².